The molecule has 26 heavy (non-hydrogen) atoms. The van der Waals surface area contributed by atoms with E-state index in [0.29, 0.717) is 11.6 Å². The molecular formula is C18H26ClIN4OS. The first-order chi connectivity index (χ1) is 12.0. The van der Waals surface area contributed by atoms with Gasteiger partial charge < -0.3 is 15.0 Å². The number of benzene rings is 1. The molecule has 2 rings (SSSR count). The summed E-state index contributed by atoms with van der Waals surface area (Å²) < 4.78 is 5.18. The first-order valence-electron chi connectivity index (χ1n) is 8.26. The fourth-order valence-corrected chi connectivity index (χ4v) is 3.28. The molecule has 0 radical (unpaired) electrons. The second-order valence-corrected chi connectivity index (χ2v) is 7.13. The molecular weight excluding hydrogens is 483 g/mol. The van der Waals surface area contributed by atoms with Crippen molar-refractivity contribution in [2.75, 3.05) is 27.2 Å². The fourth-order valence-electron chi connectivity index (χ4n) is 2.41. The lowest BCUT2D eigenvalue weighted by Gasteiger charge is -2.21. The Morgan fingerprint density at radius 1 is 1.42 bits per heavy atom. The van der Waals surface area contributed by atoms with Crippen LogP contribution >= 0.6 is 46.9 Å². The Kier molecular flexibility index (Phi) is 10.3. The van der Waals surface area contributed by atoms with Crippen LogP contribution in [0.5, 0.6) is 5.75 Å². The van der Waals surface area contributed by atoms with Crippen molar-refractivity contribution < 1.29 is 4.74 Å². The summed E-state index contributed by atoms with van der Waals surface area (Å²) in [7, 11) is 3.66. The lowest BCUT2D eigenvalue weighted by Crippen LogP contribution is -2.38. The SMILES string of the molecule is CCNC(=NCCc1ccc(OC)cc1Cl)N(C)Cc1csc(C)n1.I. The standard InChI is InChI=1S/C18H25ClN4OS.HI/c1-5-20-18(23(3)11-15-12-25-13(2)22-15)21-9-8-14-6-7-16(24-4)10-17(14)19;/h6-7,10,12H,5,8-9,11H2,1-4H3,(H,20,21);1H. The molecule has 2 aromatic rings. The number of halogens is 2. The maximum atomic E-state index is 6.30. The van der Waals surface area contributed by atoms with Crippen molar-refractivity contribution in [2.45, 2.75) is 26.8 Å². The van der Waals surface area contributed by atoms with Crippen LogP contribution in [0.2, 0.25) is 5.02 Å². The molecule has 0 bridgehead atoms. The van der Waals surface area contributed by atoms with Crippen LogP contribution in [0.15, 0.2) is 28.6 Å². The van der Waals surface area contributed by atoms with E-state index in [2.05, 4.69) is 27.5 Å². The second-order valence-electron chi connectivity index (χ2n) is 5.66. The van der Waals surface area contributed by atoms with E-state index in [0.717, 1.165) is 47.5 Å². The van der Waals surface area contributed by atoms with Gasteiger partial charge in [0.15, 0.2) is 5.96 Å². The zero-order valence-corrected chi connectivity index (χ0v) is 19.5. The molecule has 0 saturated carbocycles. The number of methoxy groups -OCH3 is 1. The van der Waals surface area contributed by atoms with Crippen LogP contribution in [0.1, 0.15) is 23.2 Å². The van der Waals surface area contributed by atoms with Gasteiger partial charge in [-0.25, -0.2) is 4.98 Å². The van der Waals surface area contributed by atoms with E-state index in [1.54, 1.807) is 18.4 Å². The Balaban J connectivity index is 0.00000338. The Morgan fingerprint density at radius 2 is 2.19 bits per heavy atom. The van der Waals surface area contributed by atoms with E-state index in [1.807, 2.05) is 32.2 Å². The van der Waals surface area contributed by atoms with Gasteiger partial charge in [0, 0.05) is 30.5 Å². The molecule has 0 aliphatic rings. The summed E-state index contributed by atoms with van der Waals surface area (Å²) in [5, 5.41) is 7.21. The summed E-state index contributed by atoms with van der Waals surface area (Å²) >= 11 is 7.96. The molecule has 144 valence electrons. The minimum atomic E-state index is 0. The number of hydrogen-bond donors (Lipinski definition) is 1. The number of guanidine groups is 1. The molecule has 0 aliphatic heterocycles. The summed E-state index contributed by atoms with van der Waals surface area (Å²) in [5.74, 6) is 1.64. The van der Waals surface area contributed by atoms with Crippen LogP contribution in [0.25, 0.3) is 0 Å². The Hall–Kier alpha value is -1.06. The Labute approximate surface area is 181 Å². The van der Waals surface area contributed by atoms with E-state index in [1.165, 1.54) is 0 Å². The third-order valence-electron chi connectivity index (χ3n) is 3.67. The molecule has 0 spiro atoms. The van der Waals surface area contributed by atoms with Gasteiger partial charge in [0.1, 0.15) is 5.75 Å². The first-order valence-corrected chi connectivity index (χ1v) is 9.52. The maximum absolute atomic E-state index is 6.30. The predicted molar refractivity (Wildman–Crippen MR) is 121 cm³/mol. The quantitative estimate of drug-likeness (QED) is 0.343. The fraction of sp³-hybridized carbons (Fsp3) is 0.444. The highest BCUT2D eigenvalue weighted by Gasteiger charge is 2.09. The van der Waals surface area contributed by atoms with E-state index < -0.39 is 0 Å². The normalized spacial score (nSPS) is 11.0. The number of nitrogens with zero attached hydrogens (tertiary/aromatic N) is 3. The molecule has 0 aliphatic carbocycles. The highest BCUT2D eigenvalue weighted by atomic mass is 127. The molecule has 1 N–H and O–H groups in total. The van der Waals surface area contributed by atoms with Gasteiger partial charge in [-0.15, -0.1) is 35.3 Å². The van der Waals surface area contributed by atoms with Crippen molar-refractivity contribution in [3.05, 3.63) is 44.9 Å². The van der Waals surface area contributed by atoms with Gasteiger partial charge >= 0.3 is 0 Å². The summed E-state index contributed by atoms with van der Waals surface area (Å²) in [6, 6.07) is 5.75. The van der Waals surface area contributed by atoms with Gasteiger partial charge in [-0.2, -0.15) is 0 Å². The lowest BCUT2D eigenvalue weighted by molar-refractivity contribution is 0.414. The minimum absolute atomic E-state index is 0. The molecule has 1 aromatic carbocycles. The smallest absolute Gasteiger partial charge is 0.194 e. The van der Waals surface area contributed by atoms with Gasteiger partial charge in [-0.05, 0) is 38.0 Å². The molecule has 5 nitrogen and oxygen atoms in total. The van der Waals surface area contributed by atoms with Gasteiger partial charge in [0.2, 0.25) is 0 Å². The van der Waals surface area contributed by atoms with E-state index >= 15 is 0 Å². The van der Waals surface area contributed by atoms with Crippen molar-refractivity contribution >= 4 is 52.9 Å². The number of ether oxygens (including phenoxy) is 1. The van der Waals surface area contributed by atoms with Crippen molar-refractivity contribution in [2.24, 2.45) is 4.99 Å². The number of aliphatic imine (C=N–C) groups is 1. The maximum Gasteiger partial charge on any atom is 0.194 e. The summed E-state index contributed by atoms with van der Waals surface area (Å²) in [6.45, 7) is 6.31. The van der Waals surface area contributed by atoms with Crippen molar-refractivity contribution in [1.82, 2.24) is 15.2 Å². The summed E-state index contributed by atoms with van der Waals surface area (Å²) in [5.41, 5.74) is 2.13. The summed E-state index contributed by atoms with van der Waals surface area (Å²) in [6.07, 6.45) is 0.779. The zero-order chi connectivity index (χ0) is 18.2. The highest BCUT2D eigenvalue weighted by molar-refractivity contribution is 14.0. The average Bonchev–Trinajstić information content (AvgIpc) is 3.00. The number of thiazole rings is 1. The van der Waals surface area contributed by atoms with Crippen LogP contribution < -0.4 is 10.1 Å². The topological polar surface area (TPSA) is 49.8 Å². The van der Waals surface area contributed by atoms with E-state index in [9.17, 15) is 0 Å². The largest absolute Gasteiger partial charge is 0.497 e. The number of aromatic nitrogens is 1. The lowest BCUT2D eigenvalue weighted by atomic mass is 10.1. The molecule has 1 aromatic heterocycles. The Morgan fingerprint density at radius 3 is 2.77 bits per heavy atom. The average molecular weight is 509 g/mol. The minimum Gasteiger partial charge on any atom is -0.497 e. The molecule has 0 unspecified atom stereocenters. The van der Waals surface area contributed by atoms with Crippen LogP contribution in [0.4, 0.5) is 0 Å². The van der Waals surface area contributed by atoms with E-state index in [4.69, 9.17) is 21.3 Å². The molecule has 0 atom stereocenters. The second kappa shape index (κ2) is 11.6. The Bertz CT molecular complexity index is 723. The molecule has 0 fully saturated rings. The van der Waals surface area contributed by atoms with Gasteiger partial charge in [-0.1, -0.05) is 17.7 Å². The van der Waals surface area contributed by atoms with Crippen molar-refractivity contribution in [3.63, 3.8) is 0 Å². The van der Waals surface area contributed by atoms with E-state index in [-0.39, 0.29) is 24.0 Å². The number of hydrogen-bond acceptors (Lipinski definition) is 4. The summed E-state index contributed by atoms with van der Waals surface area (Å²) in [4.78, 5) is 11.3. The van der Waals surface area contributed by atoms with Gasteiger partial charge in [0.05, 0.1) is 24.4 Å². The highest BCUT2D eigenvalue weighted by Crippen LogP contribution is 2.22. The first kappa shape index (κ1) is 23.0. The van der Waals surface area contributed by atoms with Crippen molar-refractivity contribution in [3.8, 4) is 5.75 Å². The number of rotatable bonds is 7. The zero-order valence-electron chi connectivity index (χ0n) is 15.6. The monoisotopic (exact) mass is 508 g/mol. The van der Waals surface area contributed by atoms with Gasteiger partial charge in [0.25, 0.3) is 0 Å². The number of nitrogens with one attached hydrogen (secondary N) is 1. The molecule has 0 saturated heterocycles. The van der Waals surface area contributed by atoms with Crippen LogP contribution in [0, 0.1) is 6.92 Å². The number of aryl methyl sites for hydroxylation is 1. The third-order valence-corrected chi connectivity index (χ3v) is 4.84. The molecule has 0 amide bonds. The van der Waals surface area contributed by atoms with Gasteiger partial charge in [-0.3, -0.25) is 4.99 Å². The third kappa shape index (κ3) is 6.92. The predicted octanol–water partition coefficient (Wildman–Crippen LogP) is 4.37. The molecule has 1 heterocycles. The molecule has 8 heteroatoms. The van der Waals surface area contributed by atoms with Crippen LogP contribution in [0.3, 0.4) is 0 Å². The van der Waals surface area contributed by atoms with Crippen molar-refractivity contribution in [1.29, 1.82) is 0 Å². The van der Waals surface area contributed by atoms with Crippen LogP contribution in [-0.2, 0) is 13.0 Å². The van der Waals surface area contributed by atoms with Crippen LogP contribution in [-0.4, -0.2) is 43.1 Å².